The molecule has 0 saturated heterocycles. The lowest BCUT2D eigenvalue weighted by atomic mass is 10.1. The van der Waals surface area contributed by atoms with Gasteiger partial charge in [-0.1, -0.05) is 6.92 Å². The zero-order valence-electron chi connectivity index (χ0n) is 18.9. The number of aromatic nitrogens is 1. The summed E-state index contributed by atoms with van der Waals surface area (Å²) in [7, 11) is 2.00. The van der Waals surface area contributed by atoms with Crippen LogP contribution in [0.4, 0.5) is 14.5 Å². The van der Waals surface area contributed by atoms with Crippen molar-refractivity contribution in [3.05, 3.63) is 58.9 Å². The maximum atomic E-state index is 14.2. The third-order valence-electron chi connectivity index (χ3n) is 5.79. The molecule has 0 bridgehead atoms. The zero-order valence-corrected chi connectivity index (χ0v) is 18.9. The number of fused-ring (bicyclic) bond motifs is 1. The van der Waals surface area contributed by atoms with Gasteiger partial charge in [0.2, 0.25) is 5.91 Å². The Hall–Kier alpha value is -2.87. The molecule has 6 nitrogen and oxygen atoms in total. The lowest BCUT2D eigenvalue weighted by Gasteiger charge is -2.31. The van der Waals surface area contributed by atoms with Crippen LogP contribution in [0.3, 0.4) is 0 Å². The second-order valence-corrected chi connectivity index (χ2v) is 8.17. The summed E-state index contributed by atoms with van der Waals surface area (Å²) in [6, 6.07) is 5.60. The first kappa shape index (κ1) is 23.8. The number of aryl methyl sites for hydroxylation is 1. The summed E-state index contributed by atoms with van der Waals surface area (Å²) in [5, 5.41) is 0. The third-order valence-corrected chi connectivity index (χ3v) is 5.79. The van der Waals surface area contributed by atoms with E-state index in [0.29, 0.717) is 42.0 Å². The Morgan fingerprint density at radius 3 is 2.44 bits per heavy atom. The van der Waals surface area contributed by atoms with Crippen LogP contribution >= 0.6 is 0 Å². The Morgan fingerprint density at radius 1 is 1.06 bits per heavy atom. The highest BCUT2D eigenvalue weighted by atomic mass is 19.2. The molecular weight excluding hydrogens is 414 g/mol. The maximum Gasteiger partial charge on any atom is 0.255 e. The molecule has 1 aromatic heterocycles. The predicted octanol–water partition coefficient (Wildman–Crippen LogP) is 3.78. The van der Waals surface area contributed by atoms with E-state index in [4.69, 9.17) is 0 Å². The first-order valence-corrected chi connectivity index (χ1v) is 11.0. The van der Waals surface area contributed by atoms with Gasteiger partial charge in [-0.25, -0.2) is 8.78 Å². The fraction of sp³-hybridized carbons (Fsp3) is 0.458. The van der Waals surface area contributed by atoms with Crippen molar-refractivity contribution in [2.75, 3.05) is 38.1 Å². The van der Waals surface area contributed by atoms with Gasteiger partial charge < -0.3 is 14.7 Å². The average molecular weight is 445 g/mol. The van der Waals surface area contributed by atoms with Gasteiger partial charge in [0.15, 0.2) is 11.6 Å². The van der Waals surface area contributed by atoms with Crippen molar-refractivity contribution in [3.8, 4) is 0 Å². The molecule has 2 heterocycles. The Balaban J connectivity index is 2.06. The van der Waals surface area contributed by atoms with Gasteiger partial charge in [0, 0.05) is 44.0 Å². The van der Waals surface area contributed by atoms with Gasteiger partial charge in [0.05, 0.1) is 11.3 Å². The summed E-state index contributed by atoms with van der Waals surface area (Å²) in [5.41, 5.74) is 1.81. The van der Waals surface area contributed by atoms with Crippen LogP contribution in [0.15, 0.2) is 30.5 Å². The summed E-state index contributed by atoms with van der Waals surface area (Å²) >= 11 is 0. The van der Waals surface area contributed by atoms with Crippen molar-refractivity contribution in [2.45, 2.75) is 39.7 Å². The largest absolute Gasteiger partial charge is 0.334 e. The number of halogens is 2. The number of carbonyl (C=O) groups excluding carboxylic acids is 2. The van der Waals surface area contributed by atoms with E-state index in [1.54, 1.807) is 37.1 Å². The first-order chi connectivity index (χ1) is 15.3. The summed E-state index contributed by atoms with van der Waals surface area (Å²) in [5.74, 6) is -2.40. The van der Waals surface area contributed by atoms with Crippen LogP contribution in [0.25, 0.3) is 0 Å². The normalized spacial score (nSPS) is 16.2. The van der Waals surface area contributed by atoms with Crippen LogP contribution in [0, 0.1) is 18.6 Å². The number of carbonyl (C=O) groups is 2. The van der Waals surface area contributed by atoms with Crippen LogP contribution in [-0.2, 0) is 11.3 Å². The predicted molar refractivity (Wildman–Crippen MR) is 119 cm³/mol. The molecule has 0 spiro atoms. The number of benzene rings is 1. The Morgan fingerprint density at radius 2 is 1.75 bits per heavy atom. The lowest BCUT2D eigenvalue weighted by Crippen LogP contribution is -2.38. The number of hydrogen-bond acceptors (Lipinski definition) is 4. The molecule has 0 saturated carbocycles. The fourth-order valence-corrected chi connectivity index (χ4v) is 4.01. The molecule has 0 unspecified atom stereocenters. The van der Waals surface area contributed by atoms with Crippen LogP contribution in [0.2, 0.25) is 0 Å². The number of hydrogen-bond donors (Lipinski definition) is 0. The number of amides is 2. The topological polar surface area (TPSA) is 56.8 Å². The van der Waals surface area contributed by atoms with Crippen molar-refractivity contribution in [2.24, 2.45) is 0 Å². The Labute approximate surface area is 187 Å². The van der Waals surface area contributed by atoms with Crippen LogP contribution < -0.4 is 4.90 Å². The number of pyridine rings is 1. The van der Waals surface area contributed by atoms with Crippen LogP contribution in [0.5, 0.6) is 0 Å². The van der Waals surface area contributed by atoms with E-state index in [1.807, 2.05) is 7.05 Å². The minimum absolute atomic E-state index is 0.0664. The smallest absolute Gasteiger partial charge is 0.255 e. The van der Waals surface area contributed by atoms with Gasteiger partial charge in [-0.2, -0.15) is 0 Å². The van der Waals surface area contributed by atoms with Crippen molar-refractivity contribution in [1.82, 2.24) is 14.8 Å². The van der Waals surface area contributed by atoms with Gasteiger partial charge in [0.1, 0.15) is 0 Å². The minimum Gasteiger partial charge on any atom is -0.334 e. The molecule has 3 rings (SSSR count). The quantitative estimate of drug-likeness (QED) is 0.708. The van der Waals surface area contributed by atoms with E-state index >= 15 is 0 Å². The van der Waals surface area contributed by atoms with Crippen LogP contribution in [-0.4, -0.2) is 59.8 Å². The van der Waals surface area contributed by atoms with E-state index in [9.17, 15) is 18.4 Å². The van der Waals surface area contributed by atoms with E-state index in [-0.39, 0.29) is 24.8 Å². The molecule has 1 aliphatic rings. The molecule has 0 fully saturated rings. The van der Waals surface area contributed by atoms with Crippen molar-refractivity contribution in [3.63, 3.8) is 0 Å². The summed E-state index contributed by atoms with van der Waals surface area (Å²) in [6.45, 7) is 5.94. The SMILES string of the molecule is CCC(=O)N1CCCN(C)CCCN(C(=O)c2cccnc2C)Cc2cc(F)c(F)cc21. The highest BCUT2D eigenvalue weighted by Crippen LogP contribution is 2.28. The second kappa shape index (κ2) is 10.6. The lowest BCUT2D eigenvalue weighted by molar-refractivity contribution is -0.118. The molecule has 172 valence electrons. The molecule has 8 heteroatoms. The number of anilines is 1. The van der Waals surface area contributed by atoms with Crippen LogP contribution in [0.1, 0.15) is 47.8 Å². The van der Waals surface area contributed by atoms with Gasteiger partial charge in [0.25, 0.3) is 5.91 Å². The minimum atomic E-state index is -1.01. The van der Waals surface area contributed by atoms with E-state index in [1.165, 1.54) is 4.90 Å². The fourth-order valence-electron chi connectivity index (χ4n) is 4.01. The molecule has 1 aromatic carbocycles. The van der Waals surface area contributed by atoms with Gasteiger partial charge in [-0.05, 0) is 63.7 Å². The molecule has 0 radical (unpaired) electrons. The van der Waals surface area contributed by atoms with Crippen molar-refractivity contribution >= 4 is 17.5 Å². The van der Waals surface area contributed by atoms with E-state index in [2.05, 4.69) is 9.88 Å². The Kier molecular flexibility index (Phi) is 7.90. The average Bonchev–Trinajstić information content (AvgIpc) is 2.77. The van der Waals surface area contributed by atoms with Gasteiger partial charge in [-0.3, -0.25) is 14.6 Å². The highest BCUT2D eigenvalue weighted by Gasteiger charge is 2.25. The molecular formula is C24H30F2N4O2. The van der Waals surface area contributed by atoms with Crippen molar-refractivity contribution < 1.29 is 18.4 Å². The van der Waals surface area contributed by atoms with Gasteiger partial charge in [-0.15, -0.1) is 0 Å². The molecule has 2 amide bonds. The summed E-state index contributed by atoms with van der Waals surface area (Å²) < 4.78 is 28.5. The molecule has 2 aromatic rings. The Bertz CT molecular complexity index is 982. The first-order valence-electron chi connectivity index (χ1n) is 11.0. The summed E-state index contributed by atoms with van der Waals surface area (Å²) in [6.07, 6.45) is 3.31. The van der Waals surface area contributed by atoms with E-state index in [0.717, 1.165) is 31.6 Å². The summed E-state index contributed by atoms with van der Waals surface area (Å²) in [4.78, 5) is 35.6. The van der Waals surface area contributed by atoms with Crippen molar-refractivity contribution in [1.29, 1.82) is 0 Å². The zero-order chi connectivity index (χ0) is 23.3. The maximum absolute atomic E-state index is 14.2. The molecule has 0 aliphatic carbocycles. The second-order valence-electron chi connectivity index (χ2n) is 8.17. The third kappa shape index (κ3) is 5.48. The number of nitrogens with zero attached hydrogens (tertiary/aromatic N) is 4. The molecule has 32 heavy (non-hydrogen) atoms. The molecule has 1 aliphatic heterocycles. The van der Waals surface area contributed by atoms with Gasteiger partial charge >= 0.3 is 0 Å². The number of rotatable bonds is 2. The molecule has 0 atom stereocenters. The standard InChI is InChI=1S/C24H30F2N4O2/c1-4-23(31)30-13-7-11-28(3)10-6-12-29(24(32)19-8-5-9-27-17(19)2)16-18-14-20(25)21(26)15-22(18)30/h5,8-9,14-15H,4,6-7,10-13,16H2,1-3H3. The highest BCUT2D eigenvalue weighted by molar-refractivity contribution is 5.96. The molecule has 0 N–H and O–H groups in total. The monoisotopic (exact) mass is 444 g/mol. The van der Waals surface area contributed by atoms with E-state index < -0.39 is 11.6 Å².